The van der Waals surface area contributed by atoms with E-state index in [9.17, 15) is 0 Å². The first kappa shape index (κ1) is 17.0. The molecule has 114 valence electrons. The van der Waals surface area contributed by atoms with Gasteiger partial charge < -0.3 is 5.01 Å². The Labute approximate surface area is 125 Å². The predicted octanol–water partition coefficient (Wildman–Crippen LogP) is 5.16. The van der Waals surface area contributed by atoms with Gasteiger partial charge in [0.1, 0.15) is 0 Å². The van der Waals surface area contributed by atoms with Crippen LogP contribution in [-0.2, 0) is 0 Å². The zero-order valence-electron chi connectivity index (χ0n) is 13.4. The zero-order chi connectivity index (χ0) is 14.5. The van der Waals surface area contributed by atoms with Gasteiger partial charge in [-0.25, -0.2) is 5.43 Å². The van der Waals surface area contributed by atoms with Crippen LogP contribution in [0.15, 0.2) is 30.3 Å². The van der Waals surface area contributed by atoms with Gasteiger partial charge >= 0.3 is 0 Å². The standard InChI is InChI=1S/C18H32N2/c1-3-5-6-7-8-9-10-14-17-20(19-4-2)18-15-12-11-13-16-18/h11-13,15-16,19H,3-10,14,17H2,1-2H3. The summed E-state index contributed by atoms with van der Waals surface area (Å²) in [6.07, 6.45) is 11.0. The number of hydrogen-bond acceptors (Lipinski definition) is 2. The highest BCUT2D eigenvalue weighted by atomic mass is 15.5. The highest BCUT2D eigenvalue weighted by Gasteiger charge is 2.03. The highest BCUT2D eigenvalue weighted by molar-refractivity contribution is 5.44. The van der Waals surface area contributed by atoms with Crippen molar-refractivity contribution in [3.05, 3.63) is 30.3 Å². The van der Waals surface area contributed by atoms with Crippen molar-refractivity contribution in [1.29, 1.82) is 0 Å². The van der Waals surface area contributed by atoms with E-state index >= 15 is 0 Å². The van der Waals surface area contributed by atoms with Gasteiger partial charge in [0.05, 0.1) is 5.69 Å². The lowest BCUT2D eigenvalue weighted by atomic mass is 10.1. The van der Waals surface area contributed by atoms with E-state index < -0.39 is 0 Å². The van der Waals surface area contributed by atoms with Crippen LogP contribution >= 0.6 is 0 Å². The molecule has 2 nitrogen and oxygen atoms in total. The van der Waals surface area contributed by atoms with Gasteiger partial charge in [0.2, 0.25) is 0 Å². The summed E-state index contributed by atoms with van der Waals surface area (Å²) < 4.78 is 0. The van der Waals surface area contributed by atoms with E-state index in [0.29, 0.717) is 0 Å². The summed E-state index contributed by atoms with van der Waals surface area (Å²) in [5, 5.41) is 2.29. The van der Waals surface area contributed by atoms with Crippen molar-refractivity contribution >= 4 is 5.69 Å². The maximum Gasteiger partial charge on any atom is 0.0519 e. The fraction of sp³-hybridized carbons (Fsp3) is 0.667. The second-order valence-corrected chi connectivity index (χ2v) is 5.47. The van der Waals surface area contributed by atoms with Crippen LogP contribution in [0.5, 0.6) is 0 Å². The maximum absolute atomic E-state index is 3.45. The van der Waals surface area contributed by atoms with Crippen LogP contribution in [0.25, 0.3) is 0 Å². The molecule has 1 aromatic carbocycles. The minimum atomic E-state index is 0.978. The number of benzene rings is 1. The monoisotopic (exact) mass is 276 g/mol. The summed E-state index contributed by atoms with van der Waals surface area (Å²) in [6, 6.07) is 10.6. The topological polar surface area (TPSA) is 15.3 Å². The number of hydrazine groups is 1. The van der Waals surface area contributed by atoms with Crippen LogP contribution in [0.2, 0.25) is 0 Å². The molecule has 1 N–H and O–H groups in total. The van der Waals surface area contributed by atoms with Crippen LogP contribution in [-0.4, -0.2) is 13.1 Å². The molecule has 2 heteroatoms. The molecule has 0 atom stereocenters. The van der Waals surface area contributed by atoms with Crippen LogP contribution < -0.4 is 10.4 Å². The molecule has 0 aliphatic heterocycles. The minimum Gasteiger partial charge on any atom is -0.308 e. The Kier molecular flexibility index (Phi) is 10.0. The minimum absolute atomic E-state index is 0.978. The first-order chi connectivity index (χ1) is 9.88. The number of anilines is 1. The zero-order valence-corrected chi connectivity index (χ0v) is 13.4. The van der Waals surface area contributed by atoms with Crippen molar-refractivity contribution in [3.63, 3.8) is 0 Å². The molecule has 0 amide bonds. The van der Waals surface area contributed by atoms with Crippen molar-refractivity contribution in [1.82, 2.24) is 5.43 Å². The summed E-state index contributed by atoms with van der Waals surface area (Å²) >= 11 is 0. The van der Waals surface area contributed by atoms with Crippen LogP contribution in [0.4, 0.5) is 5.69 Å². The molecule has 0 heterocycles. The molecule has 0 bridgehead atoms. The van der Waals surface area contributed by atoms with E-state index in [0.717, 1.165) is 13.1 Å². The third-order valence-electron chi connectivity index (χ3n) is 3.65. The SMILES string of the molecule is CCCCCCCCCCN(NCC)c1ccccc1. The number of nitrogens with zero attached hydrogens (tertiary/aromatic N) is 1. The number of para-hydroxylation sites is 1. The Morgan fingerprint density at radius 1 is 0.800 bits per heavy atom. The summed E-state index contributed by atoms with van der Waals surface area (Å²) in [7, 11) is 0. The third kappa shape index (κ3) is 7.54. The molecule has 0 aromatic heterocycles. The van der Waals surface area contributed by atoms with Gasteiger partial charge in [-0.2, -0.15) is 0 Å². The fourth-order valence-corrected chi connectivity index (χ4v) is 2.50. The number of unbranched alkanes of at least 4 members (excludes halogenated alkanes) is 7. The molecule has 0 saturated carbocycles. The molecular formula is C18H32N2. The molecule has 0 aliphatic rings. The van der Waals surface area contributed by atoms with Crippen molar-refractivity contribution in [2.45, 2.75) is 65.2 Å². The largest absolute Gasteiger partial charge is 0.308 e. The van der Waals surface area contributed by atoms with E-state index in [-0.39, 0.29) is 0 Å². The van der Waals surface area contributed by atoms with E-state index in [4.69, 9.17) is 0 Å². The fourth-order valence-electron chi connectivity index (χ4n) is 2.50. The van der Waals surface area contributed by atoms with Gasteiger partial charge in [-0.1, -0.05) is 77.0 Å². The molecule has 0 aliphatic carbocycles. The number of rotatable bonds is 12. The highest BCUT2D eigenvalue weighted by Crippen LogP contribution is 2.13. The van der Waals surface area contributed by atoms with Crippen molar-refractivity contribution in [2.75, 3.05) is 18.1 Å². The summed E-state index contributed by atoms with van der Waals surface area (Å²) in [6.45, 7) is 6.52. The lowest BCUT2D eigenvalue weighted by Crippen LogP contribution is -2.38. The van der Waals surface area contributed by atoms with Gasteiger partial charge in [0, 0.05) is 13.1 Å². The van der Waals surface area contributed by atoms with Gasteiger partial charge in [-0.05, 0) is 18.6 Å². The quantitative estimate of drug-likeness (QED) is 0.419. The Hall–Kier alpha value is -1.02. The van der Waals surface area contributed by atoms with Crippen molar-refractivity contribution < 1.29 is 0 Å². The Bertz CT molecular complexity index is 310. The predicted molar refractivity (Wildman–Crippen MR) is 90.1 cm³/mol. The van der Waals surface area contributed by atoms with Gasteiger partial charge in [-0.3, -0.25) is 0 Å². The normalized spacial score (nSPS) is 10.7. The van der Waals surface area contributed by atoms with Crippen molar-refractivity contribution in [3.8, 4) is 0 Å². The molecule has 0 unspecified atom stereocenters. The molecule has 0 radical (unpaired) electrons. The Morgan fingerprint density at radius 3 is 2.00 bits per heavy atom. The van der Waals surface area contributed by atoms with E-state index in [1.54, 1.807) is 0 Å². The van der Waals surface area contributed by atoms with Gasteiger partial charge in [0.25, 0.3) is 0 Å². The average molecular weight is 276 g/mol. The molecular weight excluding hydrogens is 244 g/mol. The Morgan fingerprint density at radius 2 is 1.40 bits per heavy atom. The maximum atomic E-state index is 3.45. The molecule has 1 rings (SSSR count). The number of nitrogens with one attached hydrogen (secondary N) is 1. The molecule has 0 spiro atoms. The molecule has 0 fully saturated rings. The Balaban J connectivity index is 2.14. The lowest BCUT2D eigenvalue weighted by molar-refractivity contribution is 0.554. The van der Waals surface area contributed by atoms with Crippen LogP contribution in [0.3, 0.4) is 0 Å². The molecule has 1 aromatic rings. The van der Waals surface area contributed by atoms with Crippen molar-refractivity contribution in [2.24, 2.45) is 0 Å². The number of hydrogen-bond donors (Lipinski definition) is 1. The van der Waals surface area contributed by atoms with E-state index in [2.05, 4.69) is 54.6 Å². The first-order valence-electron chi connectivity index (χ1n) is 8.44. The summed E-state index contributed by atoms with van der Waals surface area (Å²) in [5.74, 6) is 0. The summed E-state index contributed by atoms with van der Waals surface area (Å²) in [5.41, 5.74) is 4.73. The summed E-state index contributed by atoms with van der Waals surface area (Å²) in [4.78, 5) is 0. The second-order valence-electron chi connectivity index (χ2n) is 5.47. The van der Waals surface area contributed by atoms with E-state index in [1.165, 1.54) is 57.1 Å². The molecule has 20 heavy (non-hydrogen) atoms. The lowest BCUT2D eigenvalue weighted by Gasteiger charge is -2.25. The molecule has 0 saturated heterocycles. The third-order valence-corrected chi connectivity index (χ3v) is 3.65. The average Bonchev–Trinajstić information content (AvgIpc) is 2.50. The van der Waals surface area contributed by atoms with E-state index in [1.807, 2.05) is 0 Å². The van der Waals surface area contributed by atoms with Crippen LogP contribution in [0.1, 0.15) is 65.2 Å². The smallest absolute Gasteiger partial charge is 0.0519 e. The first-order valence-corrected chi connectivity index (χ1v) is 8.44. The van der Waals surface area contributed by atoms with Gasteiger partial charge in [0.15, 0.2) is 0 Å². The second kappa shape index (κ2) is 11.8. The van der Waals surface area contributed by atoms with Gasteiger partial charge in [-0.15, -0.1) is 0 Å². The van der Waals surface area contributed by atoms with Crippen LogP contribution in [0, 0.1) is 0 Å².